The van der Waals surface area contributed by atoms with E-state index in [1.807, 2.05) is 50.5 Å². The Morgan fingerprint density at radius 3 is 2.64 bits per heavy atom. The molecule has 1 saturated heterocycles. The lowest BCUT2D eigenvalue weighted by molar-refractivity contribution is 0.0302. The molecule has 216 valence electrons. The van der Waals surface area contributed by atoms with E-state index in [1.165, 1.54) is 6.07 Å². The van der Waals surface area contributed by atoms with Gasteiger partial charge in [0.25, 0.3) is 5.91 Å². The number of para-hydroxylation sites is 1. The van der Waals surface area contributed by atoms with Gasteiger partial charge in [0, 0.05) is 42.7 Å². The van der Waals surface area contributed by atoms with E-state index in [9.17, 15) is 9.59 Å². The lowest BCUT2D eigenvalue weighted by Crippen LogP contribution is -2.42. The summed E-state index contributed by atoms with van der Waals surface area (Å²) in [6.07, 6.45) is 3.32. The van der Waals surface area contributed by atoms with Crippen molar-refractivity contribution < 1.29 is 23.1 Å². The summed E-state index contributed by atoms with van der Waals surface area (Å²) in [6.45, 7) is 3.01. The van der Waals surface area contributed by atoms with Crippen LogP contribution in [0.1, 0.15) is 23.2 Å². The standard InChI is InChI=1S/C32H31FN4O5/c1-35(2)10-6-5-9-34-28-23(33)15-21-29-31(28)42-27-16-20-19-7-3-4-8-25(19)41-26(20)17-24(27)37(29)18-22(30(21)38)32(39)36-11-13-40-14-12-36/h3-4,7-8,15-18,34H,5-6,9-14H2,1-2H3. The monoisotopic (exact) mass is 570 g/mol. The third kappa shape index (κ3) is 4.38. The fraction of sp³-hybridized carbons (Fsp3) is 0.312. The Bertz CT molecular complexity index is 1920. The first-order chi connectivity index (χ1) is 20.4. The maximum Gasteiger partial charge on any atom is 0.259 e. The summed E-state index contributed by atoms with van der Waals surface area (Å²) in [5, 5.41) is 5.08. The van der Waals surface area contributed by atoms with E-state index in [0.29, 0.717) is 55.4 Å². The molecule has 3 aromatic carbocycles. The number of fused-ring (bicyclic) bond motifs is 5. The summed E-state index contributed by atoms with van der Waals surface area (Å²) in [7, 11) is 4.03. The lowest BCUT2D eigenvalue weighted by atomic mass is 10.0. The van der Waals surface area contributed by atoms with E-state index in [2.05, 4.69) is 10.2 Å². The van der Waals surface area contributed by atoms with Gasteiger partial charge in [0.15, 0.2) is 17.3 Å². The van der Waals surface area contributed by atoms with Crippen LogP contribution in [0.4, 0.5) is 10.1 Å². The van der Waals surface area contributed by atoms with E-state index in [1.54, 1.807) is 15.7 Å². The van der Waals surface area contributed by atoms with Crippen molar-refractivity contribution in [2.45, 2.75) is 12.8 Å². The number of hydrogen-bond donors (Lipinski definition) is 1. The smallest absolute Gasteiger partial charge is 0.259 e. The Kier molecular flexibility index (Phi) is 6.59. The number of ether oxygens (including phenoxy) is 2. The molecule has 1 fully saturated rings. The third-order valence-corrected chi connectivity index (χ3v) is 7.99. The number of furan rings is 1. The predicted molar refractivity (Wildman–Crippen MR) is 160 cm³/mol. The summed E-state index contributed by atoms with van der Waals surface area (Å²) in [4.78, 5) is 31.1. The molecule has 42 heavy (non-hydrogen) atoms. The van der Waals surface area contributed by atoms with Crippen molar-refractivity contribution in [3.8, 4) is 17.2 Å². The molecule has 10 heteroatoms. The number of hydrogen-bond acceptors (Lipinski definition) is 7. The molecule has 0 spiro atoms. The van der Waals surface area contributed by atoms with Gasteiger partial charge in [-0.1, -0.05) is 18.2 Å². The predicted octanol–water partition coefficient (Wildman–Crippen LogP) is 5.36. The molecule has 5 aromatic rings. The number of morpholine rings is 1. The van der Waals surface area contributed by atoms with E-state index < -0.39 is 17.2 Å². The Morgan fingerprint density at radius 1 is 1.02 bits per heavy atom. The molecule has 0 atom stereocenters. The van der Waals surface area contributed by atoms with Gasteiger partial charge in [-0.25, -0.2) is 4.39 Å². The van der Waals surface area contributed by atoms with Gasteiger partial charge in [-0.05, 0) is 51.7 Å². The Hall–Kier alpha value is -4.41. The van der Waals surface area contributed by atoms with Gasteiger partial charge < -0.3 is 33.6 Å². The second-order valence-electron chi connectivity index (χ2n) is 11.1. The molecule has 2 aliphatic heterocycles. The summed E-state index contributed by atoms with van der Waals surface area (Å²) in [5.74, 6) is -0.322. The van der Waals surface area contributed by atoms with Crippen molar-refractivity contribution in [3.05, 3.63) is 70.3 Å². The lowest BCUT2D eigenvalue weighted by Gasteiger charge is -2.29. The average molecular weight is 571 g/mol. The van der Waals surface area contributed by atoms with Gasteiger partial charge in [0.2, 0.25) is 5.43 Å². The van der Waals surface area contributed by atoms with Crippen LogP contribution in [0.2, 0.25) is 0 Å². The SMILES string of the molecule is CN(C)CCCCNc1c(F)cc2c(=O)c(C(=O)N3CCOCC3)cn3c2c1Oc1cc2c(cc1-3)oc1ccccc12. The molecule has 7 rings (SSSR count). The van der Waals surface area contributed by atoms with Crippen LogP contribution >= 0.6 is 0 Å². The zero-order chi connectivity index (χ0) is 29.0. The first-order valence-electron chi connectivity index (χ1n) is 14.2. The maximum atomic E-state index is 15.8. The van der Waals surface area contributed by atoms with Crippen LogP contribution < -0.4 is 15.5 Å². The molecule has 1 amide bonds. The highest BCUT2D eigenvalue weighted by atomic mass is 19.1. The number of unbranched alkanes of at least 4 members (excludes halogenated alkanes) is 1. The van der Waals surface area contributed by atoms with Crippen molar-refractivity contribution in [2.75, 3.05) is 58.8 Å². The topological polar surface area (TPSA) is 89.2 Å². The summed E-state index contributed by atoms with van der Waals surface area (Å²) < 4.78 is 35.5. The molecule has 9 nitrogen and oxygen atoms in total. The number of anilines is 1. The van der Waals surface area contributed by atoms with E-state index in [0.717, 1.165) is 35.7 Å². The fourth-order valence-corrected chi connectivity index (χ4v) is 5.86. The second-order valence-corrected chi connectivity index (χ2v) is 11.1. The normalized spacial score (nSPS) is 14.5. The van der Waals surface area contributed by atoms with Crippen LogP contribution in [-0.2, 0) is 4.74 Å². The van der Waals surface area contributed by atoms with Gasteiger partial charge in [-0.3, -0.25) is 9.59 Å². The fourth-order valence-electron chi connectivity index (χ4n) is 5.86. The Balaban J connectivity index is 1.42. The van der Waals surface area contributed by atoms with Gasteiger partial charge >= 0.3 is 0 Å². The molecular weight excluding hydrogens is 539 g/mol. The second kappa shape index (κ2) is 10.5. The van der Waals surface area contributed by atoms with Crippen LogP contribution in [0, 0.1) is 5.82 Å². The van der Waals surface area contributed by atoms with Gasteiger partial charge in [-0.2, -0.15) is 0 Å². The molecule has 0 saturated carbocycles. The molecule has 2 aromatic heterocycles. The first-order valence-corrected chi connectivity index (χ1v) is 14.2. The third-order valence-electron chi connectivity index (χ3n) is 7.99. The zero-order valence-corrected chi connectivity index (χ0v) is 23.5. The Morgan fingerprint density at radius 2 is 1.83 bits per heavy atom. The number of halogens is 1. The molecule has 0 unspecified atom stereocenters. The minimum atomic E-state index is -0.608. The Labute approximate surface area is 241 Å². The van der Waals surface area contributed by atoms with Crippen molar-refractivity contribution >= 4 is 44.4 Å². The highest BCUT2D eigenvalue weighted by molar-refractivity contribution is 6.07. The molecule has 2 aliphatic rings. The number of aromatic nitrogens is 1. The largest absolute Gasteiger partial charge is 0.456 e. The number of carbonyl (C=O) groups is 1. The highest BCUT2D eigenvalue weighted by Gasteiger charge is 2.31. The van der Waals surface area contributed by atoms with Crippen molar-refractivity contribution in [2.24, 2.45) is 0 Å². The van der Waals surface area contributed by atoms with Crippen LogP contribution in [0.5, 0.6) is 11.5 Å². The first kappa shape index (κ1) is 26.5. The number of pyridine rings is 1. The summed E-state index contributed by atoms with van der Waals surface area (Å²) in [5.41, 5.74) is 1.99. The van der Waals surface area contributed by atoms with Crippen molar-refractivity contribution in [3.63, 3.8) is 0 Å². The number of rotatable bonds is 7. The molecule has 0 bridgehead atoms. The van der Waals surface area contributed by atoms with Gasteiger partial charge in [-0.15, -0.1) is 0 Å². The van der Waals surface area contributed by atoms with Crippen LogP contribution in [-0.4, -0.2) is 73.8 Å². The molecule has 0 aliphatic carbocycles. The van der Waals surface area contributed by atoms with Gasteiger partial charge in [0.05, 0.1) is 24.3 Å². The molecule has 1 N–H and O–H groups in total. The molecule has 4 heterocycles. The highest BCUT2D eigenvalue weighted by Crippen LogP contribution is 2.47. The van der Waals surface area contributed by atoms with E-state index in [-0.39, 0.29) is 22.4 Å². The molecule has 0 radical (unpaired) electrons. The van der Waals surface area contributed by atoms with E-state index >= 15 is 4.39 Å². The summed E-state index contributed by atoms with van der Waals surface area (Å²) in [6, 6.07) is 12.6. The minimum absolute atomic E-state index is 0.0308. The number of carbonyl (C=O) groups excluding carboxylic acids is 1. The number of amides is 1. The minimum Gasteiger partial charge on any atom is -0.456 e. The summed E-state index contributed by atoms with van der Waals surface area (Å²) >= 11 is 0. The van der Waals surface area contributed by atoms with Crippen LogP contribution in [0.15, 0.2) is 57.9 Å². The van der Waals surface area contributed by atoms with Crippen LogP contribution in [0.25, 0.3) is 38.5 Å². The maximum absolute atomic E-state index is 15.8. The molecular formula is C32H31FN4O5. The quantitative estimate of drug-likeness (QED) is 0.259. The van der Waals surface area contributed by atoms with Crippen molar-refractivity contribution in [1.29, 1.82) is 0 Å². The zero-order valence-electron chi connectivity index (χ0n) is 23.5. The van der Waals surface area contributed by atoms with Crippen LogP contribution in [0.3, 0.4) is 0 Å². The average Bonchev–Trinajstić information content (AvgIpc) is 3.35. The number of nitrogens with zero attached hydrogens (tertiary/aromatic N) is 3. The number of nitrogens with one attached hydrogen (secondary N) is 1. The number of benzene rings is 3. The van der Waals surface area contributed by atoms with E-state index in [4.69, 9.17) is 13.9 Å². The van der Waals surface area contributed by atoms with Crippen molar-refractivity contribution in [1.82, 2.24) is 14.4 Å². The van der Waals surface area contributed by atoms with Gasteiger partial charge in [0.1, 0.15) is 27.9 Å².